The fraction of sp³-hybridized carbons (Fsp3) is 0.333. The second kappa shape index (κ2) is 2.88. The molecule has 0 saturated heterocycles. The molecular formula is C9H8N2O. The van der Waals surface area contributed by atoms with Crippen LogP contribution >= 0.6 is 0 Å². The predicted molar refractivity (Wildman–Crippen MR) is 44.0 cm³/mol. The summed E-state index contributed by atoms with van der Waals surface area (Å²) < 4.78 is 0. The number of nitrogens with zero attached hydrogens (tertiary/aromatic N) is 2. The monoisotopic (exact) mass is 160 g/mol. The lowest BCUT2D eigenvalue weighted by Gasteiger charge is -1.98. The van der Waals surface area contributed by atoms with Gasteiger partial charge in [0.1, 0.15) is 0 Å². The molecule has 1 aromatic rings. The number of hydrogen-bond acceptors (Lipinski definition) is 3. The minimum absolute atomic E-state index is 0.526. The highest BCUT2D eigenvalue weighted by molar-refractivity contribution is 5.52. The molecule has 12 heavy (non-hydrogen) atoms. The predicted octanol–water partition coefficient (Wildman–Crippen LogP) is 1.93. The van der Waals surface area contributed by atoms with E-state index in [1.54, 1.807) is 24.4 Å². The molecule has 0 N–H and O–H groups in total. The molecule has 0 atom stereocenters. The van der Waals surface area contributed by atoms with Gasteiger partial charge in [0.15, 0.2) is 0 Å². The van der Waals surface area contributed by atoms with Crippen LogP contribution < -0.4 is 0 Å². The molecule has 1 aromatic heterocycles. The smallest absolute Gasteiger partial charge is 0.240 e. The van der Waals surface area contributed by atoms with Gasteiger partial charge in [-0.25, -0.2) is 4.79 Å². The van der Waals surface area contributed by atoms with Crippen molar-refractivity contribution in [2.45, 2.75) is 18.8 Å². The zero-order chi connectivity index (χ0) is 8.39. The first-order valence-electron chi connectivity index (χ1n) is 3.94. The van der Waals surface area contributed by atoms with Gasteiger partial charge in [-0.05, 0) is 25.0 Å². The van der Waals surface area contributed by atoms with Gasteiger partial charge < -0.3 is 0 Å². The Hall–Kier alpha value is -1.47. The summed E-state index contributed by atoms with van der Waals surface area (Å²) in [6.45, 7) is 0. The Labute approximate surface area is 70.2 Å². The molecule has 0 unspecified atom stereocenters. The highest BCUT2D eigenvalue weighted by Gasteiger charge is 2.27. The van der Waals surface area contributed by atoms with Crippen LogP contribution in [0, 0.1) is 0 Å². The Morgan fingerprint density at radius 1 is 1.58 bits per heavy atom. The lowest BCUT2D eigenvalue weighted by Crippen LogP contribution is -1.84. The minimum Gasteiger partial charge on any atom is -0.259 e. The summed E-state index contributed by atoms with van der Waals surface area (Å²) in [5.74, 6) is 0.526. The van der Waals surface area contributed by atoms with Crippen LogP contribution in [-0.2, 0) is 4.79 Å². The number of pyridine rings is 1. The quantitative estimate of drug-likeness (QED) is 0.490. The van der Waals surface area contributed by atoms with Gasteiger partial charge in [-0.2, -0.15) is 4.99 Å². The summed E-state index contributed by atoms with van der Waals surface area (Å²) in [5, 5.41) is 0. The third kappa shape index (κ3) is 1.27. The molecule has 1 aliphatic rings. The number of hydrogen-bond donors (Lipinski definition) is 0. The summed E-state index contributed by atoms with van der Waals surface area (Å²) >= 11 is 0. The van der Waals surface area contributed by atoms with Crippen LogP contribution in [0.2, 0.25) is 0 Å². The molecule has 0 bridgehead atoms. The molecule has 3 nitrogen and oxygen atoms in total. The van der Waals surface area contributed by atoms with Crippen molar-refractivity contribution in [3.05, 3.63) is 24.0 Å². The largest absolute Gasteiger partial charge is 0.259 e. The number of aliphatic imine (C=N–C) groups is 1. The van der Waals surface area contributed by atoms with Crippen LogP contribution in [-0.4, -0.2) is 11.1 Å². The number of rotatable bonds is 2. The third-order valence-corrected chi connectivity index (χ3v) is 1.95. The maximum atomic E-state index is 10.1. The van der Waals surface area contributed by atoms with E-state index in [-0.39, 0.29) is 0 Å². The van der Waals surface area contributed by atoms with Crippen LogP contribution in [0.4, 0.5) is 5.69 Å². The molecule has 3 heteroatoms. The molecule has 0 aromatic carbocycles. The Morgan fingerprint density at radius 3 is 3.08 bits per heavy atom. The van der Waals surface area contributed by atoms with Gasteiger partial charge in [-0.3, -0.25) is 4.98 Å². The van der Waals surface area contributed by atoms with Gasteiger partial charge in [0.25, 0.3) is 0 Å². The summed E-state index contributed by atoms with van der Waals surface area (Å²) in [4.78, 5) is 17.8. The van der Waals surface area contributed by atoms with E-state index < -0.39 is 0 Å². The van der Waals surface area contributed by atoms with Gasteiger partial charge in [-0.15, -0.1) is 0 Å². The molecule has 0 amide bonds. The first kappa shape index (κ1) is 7.19. The van der Waals surface area contributed by atoms with E-state index in [4.69, 9.17) is 0 Å². The van der Waals surface area contributed by atoms with E-state index in [1.807, 2.05) is 0 Å². The van der Waals surface area contributed by atoms with Crippen molar-refractivity contribution in [2.75, 3.05) is 0 Å². The molecule has 0 spiro atoms. The van der Waals surface area contributed by atoms with Crippen molar-refractivity contribution in [1.29, 1.82) is 0 Å². The first-order chi connectivity index (χ1) is 5.92. The highest BCUT2D eigenvalue weighted by Crippen LogP contribution is 2.42. The van der Waals surface area contributed by atoms with Crippen molar-refractivity contribution in [3.63, 3.8) is 0 Å². The van der Waals surface area contributed by atoms with Gasteiger partial charge >= 0.3 is 0 Å². The first-order valence-corrected chi connectivity index (χ1v) is 3.94. The Balaban J connectivity index is 2.42. The number of carbonyl (C=O) groups excluding carboxylic acids is 1. The Bertz CT molecular complexity index is 338. The van der Waals surface area contributed by atoms with Crippen LogP contribution in [0.1, 0.15) is 24.5 Å². The van der Waals surface area contributed by atoms with Gasteiger partial charge in [0.05, 0.1) is 11.4 Å². The number of isocyanates is 1. The van der Waals surface area contributed by atoms with Crippen LogP contribution in [0.3, 0.4) is 0 Å². The fourth-order valence-corrected chi connectivity index (χ4v) is 1.22. The molecule has 0 radical (unpaired) electrons. The van der Waals surface area contributed by atoms with E-state index in [0.717, 1.165) is 5.69 Å². The zero-order valence-corrected chi connectivity index (χ0v) is 6.53. The highest BCUT2D eigenvalue weighted by atomic mass is 16.1. The molecule has 1 fully saturated rings. The third-order valence-electron chi connectivity index (χ3n) is 1.95. The second-order valence-corrected chi connectivity index (χ2v) is 2.89. The summed E-state index contributed by atoms with van der Waals surface area (Å²) in [6.07, 6.45) is 5.61. The maximum Gasteiger partial charge on any atom is 0.240 e. The van der Waals surface area contributed by atoms with E-state index in [9.17, 15) is 4.79 Å². The van der Waals surface area contributed by atoms with Crippen LogP contribution in [0.15, 0.2) is 23.3 Å². The zero-order valence-electron chi connectivity index (χ0n) is 6.53. The molecule has 1 aliphatic carbocycles. The minimum atomic E-state index is 0.526. The van der Waals surface area contributed by atoms with E-state index >= 15 is 0 Å². The van der Waals surface area contributed by atoms with Gasteiger partial charge in [0, 0.05) is 12.1 Å². The maximum absolute atomic E-state index is 10.1. The van der Waals surface area contributed by atoms with E-state index in [0.29, 0.717) is 11.6 Å². The van der Waals surface area contributed by atoms with Crippen molar-refractivity contribution in [3.8, 4) is 0 Å². The molecule has 1 heterocycles. The molecule has 60 valence electrons. The summed E-state index contributed by atoms with van der Waals surface area (Å²) in [5.41, 5.74) is 1.62. The normalized spacial score (nSPS) is 15.3. The van der Waals surface area contributed by atoms with Crippen molar-refractivity contribution in [2.24, 2.45) is 4.99 Å². The molecule has 0 aliphatic heterocycles. The van der Waals surface area contributed by atoms with E-state index in [1.165, 1.54) is 12.8 Å². The van der Waals surface area contributed by atoms with Crippen molar-refractivity contribution in [1.82, 2.24) is 4.98 Å². The lowest BCUT2D eigenvalue weighted by atomic mass is 10.2. The lowest BCUT2D eigenvalue weighted by molar-refractivity contribution is 0.565. The van der Waals surface area contributed by atoms with Crippen LogP contribution in [0.25, 0.3) is 0 Å². The number of aromatic nitrogens is 1. The average Bonchev–Trinajstić information content (AvgIpc) is 2.89. The summed E-state index contributed by atoms with van der Waals surface area (Å²) in [6, 6.07) is 3.58. The van der Waals surface area contributed by atoms with Crippen molar-refractivity contribution >= 4 is 11.8 Å². The standard InChI is InChI=1S/C9H8N2O/c12-6-11-8-2-1-5-10-9(8)7-3-4-7/h1-2,5,7H,3-4H2. The second-order valence-electron chi connectivity index (χ2n) is 2.89. The molecule has 2 rings (SSSR count). The van der Waals surface area contributed by atoms with Crippen LogP contribution in [0.5, 0.6) is 0 Å². The Kier molecular flexibility index (Phi) is 1.72. The van der Waals surface area contributed by atoms with Gasteiger partial charge in [0.2, 0.25) is 6.08 Å². The SMILES string of the molecule is O=C=Nc1cccnc1C1CC1. The summed E-state index contributed by atoms with van der Waals surface area (Å²) in [7, 11) is 0. The molecular weight excluding hydrogens is 152 g/mol. The van der Waals surface area contributed by atoms with Crippen molar-refractivity contribution < 1.29 is 4.79 Å². The van der Waals surface area contributed by atoms with Gasteiger partial charge in [-0.1, -0.05) is 0 Å². The average molecular weight is 160 g/mol. The topological polar surface area (TPSA) is 42.3 Å². The van der Waals surface area contributed by atoms with E-state index in [2.05, 4.69) is 9.98 Å². The fourth-order valence-electron chi connectivity index (χ4n) is 1.22. The Morgan fingerprint density at radius 2 is 2.42 bits per heavy atom. The molecule has 1 saturated carbocycles.